The van der Waals surface area contributed by atoms with Crippen molar-refractivity contribution in [1.29, 1.82) is 0 Å². The maximum Gasteiger partial charge on any atom is 0.323 e. The van der Waals surface area contributed by atoms with E-state index >= 15 is 0 Å². The summed E-state index contributed by atoms with van der Waals surface area (Å²) in [5.74, 6) is 0.142. The van der Waals surface area contributed by atoms with Crippen molar-refractivity contribution in [2.45, 2.75) is 45.6 Å². The van der Waals surface area contributed by atoms with Crippen LogP contribution in [0, 0.1) is 0 Å². The molecule has 2 saturated heterocycles. The quantitative estimate of drug-likeness (QED) is 0.681. The SMILES string of the molecule is CCOC(=O)[C@H](CC)N1CCN(CC(=O)N2CCCCC2)CC1. The standard InChI is InChI=1S/C17H31N3O3/c1-3-15(17(22)23-4-2)19-12-10-18(11-13-19)14-16(21)20-8-6-5-7-9-20/h15H,3-14H2,1-2H3/t15-/m0/s1. The van der Waals surface area contributed by atoms with Crippen LogP contribution in [0.1, 0.15) is 39.5 Å². The molecular weight excluding hydrogens is 294 g/mol. The van der Waals surface area contributed by atoms with E-state index in [1.165, 1.54) is 6.42 Å². The third-order valence-corrected chi connectivity index (χ3v) is 4.86. The number of esters is 1. The van der Waals surface area contributed by atoms with Gasteiger partial charge in [0.15, 0.2) is 0 Å². The molecule has 1 amide bonds. The van der Waals surface area contributed by atoms with Crippen LogP contribution in [-0.2, 0) is 14.3 Å². The van der Waals surface area contributed by atoms with E-state index in [2.05, 4.69) is 9.80 Å². The van der Waals surface area contributed by atoms with Crippen molar-refractivity contribution in [1.82, 2.24) is 14.7 Å². The fourth-order valence-corrected chi connectivity index (χ4v) is 3.48. The molecule has 132 valence electrons. The lowest BCUT2D eigenvalue weighted by Gasteiger charge is -2.38. The molecule has 0 aromatic carbocycles. The lowest BCUT2D eigenvalue weighted by Crippen LogP contribution is -2.54. The summed E-state index contributed by atoms with van der Waals surface area (Å²) < 4.78 is 5.16. The molecule has 0 aromatic heterocycles. The minimum Gasteiger partial charge on any atom is -0.465 e. The smallest absolute Gasteiger partial charge is 0.323 e. The van der Waals surface area contributed by atoms with E-state index in [1.807, 2.05) is 18.7 Å². The highest BCUT2D eigenvalue weighted by atomic mass is 16.5. The van der Waals surface area contributed by atoms with E-state index in [4.69, 9.17) is 4.74 Å². The molecule has 0 N–H and O–H groups in total. The van der Waals surface area contributed by atoms with E-state index in [-0.39, 0.29) is 17.9 Å². The summed E-state index contributed by atoms with van der Waals surface area (Å²) in [6.45, 7) is 9.98. The average molecular weight is 325 g/mol. The molecular formula is C17H31N3O3. The van der Waals surface area contributed by atoms with Crippen molar-refractivity contribution in [3.63, 3.8) is 0 Å². The van der Waals surface area contributed by atoms with Gasteiger partial charge in [0.1, 0.15) is 6.04 Å². The first-order valence-corrected chi connectivity index (χ1v) is 9.06. The van der Waals surface area contributed by atoms with Gasteiger partial charge >= 0.3 is 5.97 Å². The summed E-state index contributed by atoms with van der Waals surface area (Å²) >= 11 is 0. The molecule has 2 fully saturated rings. The molecule has 0 saturated carbocycles. The van der Waals surface area contributed by atoms with Crippen molar-refractivity contribution < 1.29 is 14.3 Å². The number of carbonyl (C=O) groups excluding carboxylic acids is 2. The van der Waals surface area contributed by atoms with E-state index in [1.54, 1.807) is 0 Å². The Kier molecular flexibility index (Phi) is 7.30. The Hall–Kier alpha value is -1.14. The highest BCUT2D eigenvalue weighted by Crippen LogP contribution is 2.13. The number of piperidine rings is 1. The van der Waals surface area contributed by atoms with Gasteiger partial charge in [-0.1, -0.05) is 6.92 Å². The maximum absolute atomic E-state index is 12.3. The van der Waals surface area contributed by atoms with Gasteiger partial charge in [0, 0.05) is 39.3 Å². The van der Waals surface area contributed by atoms with Crippen LogP contribution in [0.25, 0.3) is 0 Å². The first-order valence-electron chi connectivity index (χ1n) is 9.06. The monoisotopic (exact) mass is 325 g/mol. The van der Waals surface area contributed by atoms with Crippen molar-refractivity contribution in [3.8, 4) is 0 Å². The molecule has 6 heteroatoms. The number of carbonyl (C=O) groups is 2. The highest BCUT2D eigenvalue weighted by molar-refractivity contribution is 5.78. The van der Waals surface area contributed by atoms with Crippen LogP contribution in [0.5, 0.6) is 0 Å². The number of hydrogen-bond donors (Lipinski definition) is 0. The normalized spacial score (nSPS) is 21.9. The van der Waals surface area contributed by atoms with Crippen molar-refractivity contribution in [3.05, 3.63) is 0 Å². The molecule has 2 rings (SSSR count). The van der Waals surface area contributed by atoms with Gasteiger partial charge in [-0.25, -0.2) is 0 Å². The molecule has 2 aliphatic rings. The van der Waals surface area contributed by atoms with E-state index in [0.717, 1.165) is 58.5 Å². The third kappa shape index (κ3) is 5.18. The van der Waals surface area contributed by atoms with Crippen LogP contribution in [0.3, 0.4) is 0 Å². The van der Waals surface area contributed by atoms with Gasteiger partial charge in [-0.05, 0) is 32.6 Å². The second kappa shape index (κ2) is 9.23. The number of nitrogens with zero attached hydrogens (tertiary/aromatic N) is 3. The Balaban J connectivity index is 1.76. The summed E-state index contributed by atoms with van der Waals surface area (Å²) in [7, 11) is 0. The lowest BCUT2D eigenvalue weighted by atomic mass is 10.1. The summed E-state index contributed by atoms with van der Waals surface area (Å²) in [6, 6.07) is -0.144. The van der Waals surface area contributed by atoms with Gasteiger partial charge in [-0.3, -0.25) is 19.4 Å². The van der Waals surface area contributed by atoms with Gasteiger partial charge in [0.2, 0.25) is 5.91 Å². The topological polar surface area (TPSA) is 53.1 Å². The predicted octanol–water partition coefficient (Wildman–Crippen LogP) is 0.958. The van der Waals surface area contributed by atoms with Crippen LogP contribution in [0.15, 0.2) is 0 Å². The largest absolute Gasteiger partial charge is 0.465 e. The van der Waals surface area contributed by atoms with Crippen LogP contribution in [-0.4, -0.2) is 85.0 Å². The van der Waals surface area contributed by atoms with Gasteiger partial charge in [-0.2, -0.15) is 0 Å². The van der Waals surface area contributed by atoms with Gasteiger partial charge in [0.25, 0.3) is 0 Å². The zero-order valence-electron chi connectivity index (χ0n) is 14.6. The predicted molar refractivity (Wildman–Crippen MR) is 89.2 cm³/mol. The lowest BCUT2D eigenvalue weighted by molar-refractivity contribution is -0.151. The van der Waals surface area contributed by atoms with Gasteiger partial charge in [-0.15, -0.1) is 0 Å². The number of piperazine rings is 1. The number of rotatable bonds is 6. The summed E-state index contributed by atoms with van der Waals surface area (Å²) in [6.07, 6.45) is 4.29. The summed E-state index contributed by atoms with van der Waals surface area (Å²) in [5.41, 5.74) is 0. The Bertz CT molecular complexity index is 389. The molecule has 1 atom stereocenters. The Morgan fingerprint density at radius 3 is 2.17 bits per heavy atom. The molecule has 0 aromatic rings. The number of ether oxygens (including phenoxy) is 1. The minimum atomic E-state index is -0.144. The second-order valence-electron chi connectivity index (χ2n) is 6.43. The average Bonchev–Trinajstić information content (AvgIpc) is 2.58. The van der Waals surface area contributed by atoms with Crippen molar-refractivity contribution in [2.75, 3.05) is 52.4 Å². The fourth-order valence-electron chi connectivity index (χ4n) is 3.48. The van der Waals surface area contributed by atoms with E-state index < -0.39 is 0 Å². The van der Waals surface area contributed by atoms with Crippen LogP contribution in [0.4, 0.5) is 0 Å². The second-order valence-corrected chi connectivity index (χ2v) is 6.43. The Morgan fingerprint density at radius 2 is 1.61 bits per heavy atom. The molecule has 2 aliphatic heterocycles. The molecule has 6 nitrogen and oxygen atoms in total. The molecule has 0 spiro atoms. The third-order valence-electron chi connectivity index (χ3n) is 4.86. The Morgan fingerprint density at radius 1 is 0.957 bits per heavy atom. The molecule has 23 heavy (non-hydrogen) atoms. The summed E-state index contributed by atoms with van der Waals surface area (Å²) in [4.78, 5) is 30.7. The van der Waals surface area contributed by atoms with Crippen molar-refractivity contribution >= 4 is 11.9 Å². The van der Waals surface area contributed by atoms with Gasteiger partial charge in [0.05, 0.1) is 13.2 Å². The van der Waals surface area contributed by atoms with Gasteiger partial charge < -0.3 is 9.64 Å². The fraction of sp³-hybridized carbons (Fsp3) is 0.882. The maximum atomic E-state index is 12.3. The van der Waals surface area contributed by atoms with Crippen LogP contribution >= 0.6 is 0 Å². The summed E-state index contributed by atoms with van der Waals surface area (Å²) in [5, 5.41) is 0. The molecule has 0 bridgehead atoms. The van der Waals surface area contributed by atoms with Crippen LogP contribution < -0.4 is 0 Å². The number of likely N-dealkylation sites (tertiary alicyclic amines) is 1. The molecule has 0 aliphatic carbocycles. The van der Waals surface area contributed by atoms with E-state index in [9.17, 15) is 9.59 Å². The Labute approximate surface area is 139 Å². The minimum absolute atomic E-state index is 0.118. The molecule has 0 unspecified atom stereocenters. The number of hydrogen-bond acceptors (Lipinski definition) is 5. The first kappa shape index (κ1) is 18.2. The highest BCUT2D eigenvalue weighted by Gasteiger charge is 2.29. The van der Waals surface area contributed by atoms with Crippen LogP contribution in [0.2, 0.25) is 0 Å². The zero-order chi connectivity index (χ0) is 16.7. The van der Waals surface area contributed by atoms with E-state index in [0.29, 0.717) is 13.2 Å². The molecule has 2 heterocycles. The van der Waals surface area contributed by atoms with Crippen molar-refractivity contribution in [2.24, 2.45) is 0 Å². The number of amides is 1. The zero-order valence-corrected chi connectivity index (χ0v) is 14.6. The molecule has 0 radical (unpaired) electrons. The first-order chi connectivity index (χ1) is 11.2.